The van der Waals surface area contributed by atoms with Crippen LogP contribution < -0.4 is 4.74 Å². The van der Waals surface area contributed by atoms with Gasteiger partial charge in [-0.1, -0.05) is 6.07 Å². The molecule has 0 unspecified atom stereocenters. The maximum absolute atomic E-state index is 12.9. The minimum absolute atomic E-state index is 0.0872. The van der Waals surface area contributed by atoms with Crippen LogP contribution in [0.5, 0.6) is 5.75 Å². The van der Waals surface area contributed by atoms with E-state index in [-0.39, 0.29) is 5.91 Å². The lowest BCUT2D eigenvalue weighted by atomic mass is 9.97. The summed E-state index contributed by atoms with van der Waals surface area (Å²) in [4.78, 5) is 29.2. The molecule has 0 aliphatic carbocycles. The van der Waals surface area contributed by atoms with Gasteiger partial charge >= 0.3 is 0 Å². The van der Waals surface area contributed by atoms with Crippen molar-refractivity contribution in [3.8, 4) is 17.0 Å². The van der Waals surface area contributed by atoms with Gasteiger partial charge in [0.05, 0.1) is 25.0 Å². The number of rotatable bonds is 5. The highest BCUT2D eigenvalue weighted by molar-refractivity contribution is 5.94. The molecule has 1 aromatic carbocycles. The van der Waals surface area contributed by atoms with Crippen molar-refractivity contribution in [2.45, 2.75) is 24.9 Å². The predicted molar refractivity (Wildman–Crippen MR) is 128 cm³/mol. The lowest BCUT2D eigenvalue weighted by Crippen LogP contribution is -2.56. The van der Waals surface area contributed by atoms with Gasteiger partial charge in [-0.2, -0.15) is 5.10 Å². The van der Waals surface area contributed by atoms with Gasteiger partial charge in [-0.05, 0) is 37.1 Å². The number of nitrogens with one attached hydrogen (secondary N) is 1. The van der Waals surface area contributed by atoms with E-state index in [0.29, 0.717) is 23.4 Å². The Morgan fingerprint density at radius 2 is 1.97 bits per heavy atom. The van der Waals surface area contributed by atoms with Crippen molar-refractivity contribution >= 4 is 16.9 Å². The van der Waals surface area contributed by atoms with Gasteiger partial charge < -0.3 is 14.6 Å². The summed E-state index contributed by atoms with van der Waals surface area (Å²) >= 11 is 0. The smallest absolute Gasteiger partial charge is 0.253 e. The Labute approximate surface area is 197 Å². The van der Waals surface area contributed by atoms with Crippen molar-refractivity contribution < 1.29 is 9.53 Å². The molecule has 3 aromatic heterocycles. The quantitative estimate of drug-likeness (QED) is 0.495. The molecule has 0 bridgehead atoms. The summed E-state index contributed by atoms with van der Waals surface area (Å²) in [6, 6.07) is 10.3. The number of H-pyrrole nitrogens is 1. The monoisotopic (exact) mass is 457 g/mol. The fourth-order valence-corrected chi connectivity index (χ4v) is 5.09. The summed E-state index contributed by atoms with van der Waals surface area (Å²) < 4.78 is 7.32. The van der Waals surface area contributed by atoms with Crippen LogP contribution in [-0.2, 0) is 0 Å². The molecule has 34 heavy (non-hydrogen) atoms. The van der Waals surface area contributed by atoms with Crippen LogP contribution in [0.15, 0.2) is 55.2 Å². The topological polar surface area (TPSA) is 92.2 Å². The van der Waals surface area contributed by atoms with Gasteiger partial charge in [-0.3, -0.25) is 14.4 Å². The molecular formula is C25H27N7O2. The Bertz CT molecular complexity index is 1320. The second kappa shape index (κ2) is 8.57. The molecular weight excluding hydrogens is 430 g/mol. The molecule has 9 nitrogen and oxygen atoms in total. The van der Waals surface area contributed by atoms with Gasteiger partial charge in [0.25, 0.3) is 5.91 Å². The highest BCUT2D eigenvalue weighted by Gasteiger charge is 2.36. The van der Waals surface area contributed by atoms with E-state index in [9.17, 15) is 4.79 Å². The van der Waals surface area contributed by atoms with Crippen LogP contribution in [0.3, 0.4) is 0 Å². The Kier molecular flexibility index (Phi) is 5.26. The van der Waals surface area contributed by atoms with Gasteiger partial charge in [-0.25, -0.2) is 9.97 Å². The number of nitrogens with zero attached hydrogens (tertiary/aromatic N) is 6. The molecule has 1 amide bonds. The van der Waals surface area contributed by atoms with E-state index >= 15 is 0 Å². The van der Waals surface area contributed by atoms with Crippen molar-refractivity contribution in [3.05, 3.63) is 60.8 Å². The van der Waals surface area contributed by atoms with E-state index in [4.69, 9.17) is 4.74 Å². The fourth-order valence-electron chi connectivity index (χ4n) is 5.09. The van der Waals surface area contributed by atoms with E-state index in [0.717, 1.165) is 61.3 Å². The van der Waals surface area contributed by atoms with Crippen LogP contribution in [0.2, 0.25) is 0 Å². The van der Waals surface area contributed by atoms with E-state index in [1.165, 1.54) is 0 Å². The first-order valence-electron chi connectivity index (χ1n) is 11.7. The third-order valence-electron chi connectivity index (χ3n) is 7.08. The van der Waals surface area contributed by atoms with Crippen LogP contribution >= 0.6 is 0 Å². The number of carbonyl (C=O) groups is 1. The third-order valence-corrected chi connectivity index (χ3v) is 7.08. The zero-order chi connectivity index (χ0) is 23.1. The summed E-state index contributed by atoms with van der Waals surface area (Å²) in [5.74, 6) is 0.801. The number of aromatic amines is 1. The maximum atomic E-state index is 12.9. The first-order chi connectivity index (χ1) is 16.7. The minimum Gasteiger partial charge on any atom is -0.497 e. The predicted octanol–water partition coefficient (Wildman–Crippen LogP) is 2.99. The highest BCUT2D eigenvalue weighted by Crippen LogP contribution is 2.30. The molecule has 2 fully saturated rings. The molecule has 0 radical (unpaired) electrons. The van der Waals surface area contributed by atoms with Crippen molar-refractivity contribution in [1.29, 1.82) is 0 Å². The molecule has 0 spiro atoms. The number of carbonyl (C=O) groups excluding carboxylic acids is 1. The average molecular weight is 458 g/mol. The Morgan fingerprint density at radius 1 is 1.12 bits per heavy atom. The standard InChI is InChI=1S/C25H27N7O2/c1-34-21-4-2-3-17(11-21)25(33)30-9-6-19(7-10-30)31-14-20(15-31)32-13-18(12-29-32)23-22-5-8-26-24(22)28-16-27-23/h2-5,8,11-13,16,19-20H,6-7,9-10,14-15H2,1H3,(H,26,27,28). The normalized spacial score (nSPS) is 17.7. The van der Waals surface area contributed by atoms with Gasteiger partial charge in [0, 0.05) is 61.1 Å². The average Bonchev–Trinajstić information content (AvgIpc) is 3.53. The number of piperidine rings is 1. The summed E-state index contributed by atoms with van der Waals surface area (Å²) in [6.07, 6.45) is 9.44. The molecule has 0 saturated carbocycles. The first kappa shape index (κ1) is 20.9. The summed E-state index contributed by atoms with van der Waals surface area (Å²) in [5, 5.41) is 5.63. The first-order valence-corrected chi connectivity index (χ1v) is 11.7. The molecule has 9 heteroatoms. The number of ether oxygens (including phenoxy) is 1. The molecule has 1 N–H and O–H groups in total. The number of methoxy groups -OCH3 is 1. The van der Waals surface area contributed by atoms with Crippen LogP contribution in [0.25, 0.3) is 22.3 Å². The molecule has 0 atom stereocenters. The molecule has 2 aliphatic rings. The summed E-state index contributed by atoms with van der Waals surface area (Å²) in [5.41, 5.74) is 3.44. The van der Waals surface area contributed by atoms with Gasteiger partial charge in [-0.15, -0.1) is 0 Å². The van der Waals surface area contributed by atoms with E-state index in [1.54, 1.807) is 13.4 Å². The van der Waals surface area contributed by atoms with E-state index in [1.807, 2.05) is 47.6 Å². The Hall–Kier alpha value is -3.72. The number of hydrogen-bond donors (Lipinski definition) is 1. The zero-order valence-corrected chi connectivity index (χ0v) is 19.1. The summed E-state index contributed by atoms with van der Waals surface area (Å²) in [7, 11) is 1.62. The number of aromatic nitrogens is 5. The van der Waals surface area contributed by atoms with Crippen molar-refractivity contribution in [2.24, 2.45) is 0 Å². The second-order valence-electron chi connectivity index (χ2n) is 9.03. The molecule has 2 saturated heterocycles. The van der Waals surface area contributed by atoms with Crippen LogP contribution in [-0.4, -0.2) is 79.8 Å². The lowest BCUT2D eigenvalue weighted by molar-refractivity contribution is 0.0198. The number of amides is 1. The maximum Gasteiger partial charge on any atom is 0.253 e. The largest absolute Gasteiger partial charge is 0.497 e. The molecule has 2 aliphatic heterocycles. The number of likely N-dealkylation sites (tertiary alicyclic amines) is 2. The molecule has 174 valence electrons. The Morgan fingerprint density at radius 3 is 2.79 bits per heavy atom. The molecule has 6 rings (SSSR count). The fraction of sp³-hybridized carbons (Fsp3) is 0.360. The Balaban J connectivity index is 1.04. The van der Waals surface area contributed by atoms with Gasteiger partial charge in [0.15, 0.2) is 0 Å². The summed E-state index contributed by atoms with van der Waals surface area (Å²) in [6.45, 7) is 3.54. The van der Waals surface area contributed by atoms with Crippen molar-refractivity contribution in [2.75, 3.05) is 33.3 Å². The molecule has 4 aromatic rings. The minimum atomic E-state index is 0.0872. The number of hydrogen-bond acceptors (Lipinski definition) is 6. The van der Waals surface area contributed by atoms with Gasteiger partial charge in [0.2, 0.25) is 0 Å². The van der Waals surface area contributed by atoms with Crippen molar-refractivity contribution in [1.82, 2.24) is 34.5 Å². The second-order valence-corrected chi connectivity index (χ2v) is 9.03. The van der Waals surface area contributed by atoms with Crippen LogP contribution in [0.1, 0.15) is 29.2 Å². The van der Waals surface area contributed by atoms with E-state index in [2.05, 4.69) is 35.8 Å². The third kappa shape index (κ3) is 3.71. The van der Waals surface area contributed by atoms with E-state index < -0.39 is 0 Å². The number of benzene rings is 1. The van der Waals surface area contributed by atoms with Gasteiger partial charge in [0.1, 0.15) is 17.7 Å². The zero-order valence-electron chi connectivity index (χ0n) is 19.1. The van der Waals surface area contributed by atoms with Crippen LogP contribution in [0.4, 0.5) is 0 Å². The number of fused-ring (bicyclic) bond motifs is 1. The molecule has 5 heterocycles. The van der Waals surface area contributed by atoms with Crippen molar-refractivity contribution in [3.63, 3.8) is 0 Å². The highest BCUT2D eigenvalue weighted by atomic mass is 16.5. The van der Waals surface area contributed by atoms with Crippen LogP contribution in [0, 0.1) is 0 Å². The SMILES string of the molecule is COc1cccc(C(=O)N2CCC(N3CC(n4cc(-c5ncnc6[nH]ccc56)cn4)C3)CC2)c1. The lowest BCUT2D eigenvalue weighted by Gasteiger charge is -2.47.